The van der Waals surface area contributed by atoms with Crippen LogP contribution in [0.25, 0.3) is 0 Å². The van der Waals surface area contributed by atoms with Crippen LogP contribution >= 0.6 is 0 Å². The van der Waals surface area contributed by atoms with Crippen LogP contribution in [0.4, 0.5) is 17.2 Å². The molecule has 3 rings (SSSR count). The van der Waals surface area contributed by atoms with Crippen LogP contribution in [0.15, 0.2) is 30.3 Å². The fourth-order valence-electron chi connectivity index (χ4n) is 2.87. The van der Waals surface area contributed by atoms with Crippen LogP contribution in [-0.2, 0) is 9.53 Å². The van der Waals surface area contributed by atoms with E-state index in [2.05, 4.69) is 25.9 Å². The molecule has 8 nitrogen and oxygen atoms in total. The third-order valence-corrected chi connectivity index (χ3v) is 4.05. The van der Waals surface area contributed by atoms with Crippen LogP contribution < -0.4 is 16.0 Å². The molecule has 1 aliphatic rings. The van der Waals surface area contributed by atoms with Gasteiger partial charge in [-0.25, -0.2) is 9.97 Å². The maximum absolute atomic E-state index is 12.6. The van der Waals surface area contributed by atoms with Crippen molar-refractivity contribution < 1.29 is 14.3 Å². The summed E-state index contributed by atoms with van der Waals surface area (Å²) in [6.07, 6.45) is 2.27. The molecule has 1 unspecified atom stereocenters. The average Bonchev–Trinajstić information content (AvgIpc) is 3.13. The van der Waals surface area contributed by atoms with Gasteiger partial charge in [0.2, 0.25) is 5.91 Å². The van der Waals surface area contributed by atoms with Gasteiger partial charge >= 0.3 is 0 Å². The second-order valence-electron chi connectivity index (χ2n) is 6.42. The maximum Gasteiger partial charge on any atom is 0.274 e. The molecule has 1 atom stereocenters. The minimum Gasteiger partial charge on any atom is -0.376 e. The van der Waals surface area contributed by atoms with Crippen molar-refractivity contribution in [1.82, 2.24) is 9.97 Å². The normalized spacial score (nSPS) is 16.0. The van der Waals surface area contributed by atoms with E-state index in [-0.39, 0.29) is 23.6 Å². The number of hydrogen-bond donors (Lipinski definition) is 3. The predicted molar refractivity (Wildman–Crippen MR) is 103 cm³/mol. The van der Waals surface area contributed by atoms with Crippen LogP contribution in [0.3, 0.4) is 0 Å². The smallest absolute Gasteiger partial charge is 0.274 e. The van der Waals surface area contributed by atoms with E-state index in [1.165, 1.54) is 6.92 Å². The van der Waals surface area contributed by atoms with Crippen LogP contribution in [0.5, 0.6) is 0 Å². The number of anilines is 3. The molecule has 0 spiro atoms. The molecule has 2 aromatic rings. The molecular formula is C19H23N5O3. The Hall–Kier alpha value is -3.00. The van der Waals surface area contributed by atoms with E-state index < -0.39 is 0 Å². The number of carbonyl (C=O) groups is 2. The predicted octanol–water partition coefficient (Wildman–Crippen LogP) is 2.59. The molecule has 0 bridgehead atoms. The Bertz CT molecular complexity index is 834. The molecule has 1 fully saturated rings. The van der Waals surface area contributed by atoms with Crippen molar-refractivity contribution in [3.8, 4) is 0 Å². The highest BCUT2D eigenvalue weighted by Crippen LogP contribution is 2.17. The monoisotopic (exact) mass is 369 g/mol. The SMILES string of the molecule is CC(=O)Nc1cccc(NC(=O)c2cc(NCC3CCCO3)nc(C)n2)c1. The molecule has 2 heterocycles. The van der Waals surface area contributed by atoms with Gasteiger partial charge in [0.15, 0.2) is 0 Å². The summed E-state index contributed by atoms with van der Waals surface area (Å²) >= 11 is 0. The molecule has 1 saturated heterocycles. The number of nitrogens with zero attached hydrogens (tertiary/aromatic N) is 2. The van der Waals surface area contributed by atoms with Crippen LogP contribution in [-0.4, -0.2) is 41.0 Å². The zero-order valence-electron chi connectivity index (χ0n) is 15.4. The highest BCUT2D eigenvalue weighted by molar-refractivity contribution is 6.03. The quantitative estimate of drug-likeness (QED) is 0.723. The standard InChI is InChI=1S/C19H23N5O3/c1-12-21-17(10-18(22-12)20-11-16-7-4-8-27-16)19(26)24-15-6-3-5-14(9-15)23-13(2)25/h3,5-6,9-10,16H,4,7-8,11H2,1-2H3,(H,23,25)(H,24,26)(H,20,21,22). The third kappa shape index (κ3) is 5.49. The van der Waals surface area contributed by atoms with E-state index in [0.717, 1.165) is 19.4 Å². The number of aryl methyl sites for hydroxylation is 1. The lowest BCUT2D eigenvalue weighted by molar-refractivity contribution is -0.114. The van der Waals surface area contributed by atoms with Crippen molar-refractivity contribution in [2.45, 2.75) is 32.8 Å². The van der Waals surface area contributed by atoms with Crippen molar-refractivity contribution >= 4 is 29.0 Å². The summed E-state index contributed by atoms with van der Waals surface area (Å²) in [6, 6.07) is 8.55. The number of rotatable bonds is 6. The summed E-state index contributed by atoms with van der Waals surface area (Å²) < 4.78 is 5.59. The van der Waals surface area contributed by atoms with E-state index in [9.17, 15) is 9.59 Å². The van der Waals surface area contributed by atoms with Crippen molar-refractivity contribution in [2.24, 2.45) is 0 Å². The summed E-state index contributed by atoms with van der Waals surface area (Å²) in [5, 5.41) is 8.69. The first-order valence-electron chi connectivity index (χ1n) is 8.90. The number of ether oxygens (including phenoxy) is 1. The van der Waals surface area contributed by atoms with Gasteiger partial charge in [0.25, 0.3) is 5.91 Å². The summed E-state index contributed by atoms with van der Waals surface area (Å²) in [5.74, 6) is 0.576. The van der Waals surface area contributed by atoms with Gasteiger partial charge in [0.1, 0.15) is 17.3 Å². The van der Waals surface area contributed by atoms with Crippen LogP contribution in [0, 0.1) is 6.92 Å². The molecule has 3 N–H and O–H groups in total. The minimum absolute atomic E-state index is 0.174. The van der Waals surface area contributed by atoms with Crippen molar-refractivity contribution in [3.63, 3.8) is 0 Å². The van der Waals surface area contributed by atoms with Gasteiger partial charge in [-0.3, -0.25) is 9.59 Å². The van der Waals surface area contributed by atoms with E-state index in [0.29, 0.717) is 29.6 Å². The van der Waals surface area contributed by atoms with Gasteiger partial charge in [-0.15, -0.1) is 0 Å². The lowest BCUT2D eigenvalue weighted by Gasteiger charge is -2.13. The Labute approximate surface area is 157 Å². The largest absolute Gasteiger partial charge is 0.376 e. The molecule has 8 heteroatoms. The maximum atomic E-state index is 12.6. The van der Waals surface area contributed by atoms with Crippen molar-refractivity contribution in [1.29, 1.82) is 0 Å². The van der Waals surface area contributed by atoms with Gasteiger partial charge in [-0.2, -0.15) is 0 Å². The van der Waals surface area contributed by atoms with E-state index in [4.69, 9.17) is 4.74 Å². The lowest BCUT2D eigenvalue weighted by atomic mass is 10.2. The second kappa shape index (κ2) is 8.59. The first kappa shape index (κ1) is 18.8. The first-order chi connectivity index (χ1) is 13.0. The van der Waals surface area contributed by atoms with Crippen molar-refractivity contribution in [3.05, 3.63) is 41.9 Å². The summed E-state index contributed by atoms with van der Waals surface area (Å²) in [5.41, 5.74) is 1.44. The highest BCUT2D eigenvalue weighted by Gasteiger charge is 2.16. The average molecular weight is 369 g/mol. The van der Waals surface area contributed by atoms with E-state index in [1.807, 2.05) is 0 Å². The Morgan fingerprint density at radius 2 is 1.96 bits per heavy atom. The number of benzene rings is 1. The zero-order valence-corrected chi connectivity index (χ0v) is 15.4. The number of nitrogens with one attached hydrogen (secondary N) is 3. The van der Waals surface area contributed by atoms with Gasteiger partial charge < -0.3 is 20.7 Å². The molecule has 0 radical (unpaired) electrons. The third-order valence-electron chi connectivity index (χ3n) is 4.05. The molecule has 1 aromatic carbocycles. The summed E-state index contributed by atoms with van der Waals surface area (Å²) in [7, 11) is 0. The van der Waals surface area contributed by atoms with Crippen LogP contribution in [0.1, 0.15) is 36.1 Å². The van der Waals surface area contributed by atoms with E-state index in [1.54, 1.807) is 37.3 Å². The minimum atomic E-state index is -0.347. The number of hydrogen-bond acceptors (Lipinski definition) is 6. The van der Waals surface area contributed by atoms with Crippen LogP contribution in [0.2, 0.25) is 0 Å². The molecular weight excluding hydrogens is 346 g/mol. The highest BCUT2D eigenvalue weighted by atomic mass is 16.5. The summed E-state index contributed by atoms with van der Waals surface area (Å²) in [6.45, 7) is 4.61. The number of aromatic nitrogens is 2. The zero-order chi connectivity index (χ0) is 19.2. The number of amides is 2. The summed E-state index contributed by atoms with van der Waals surface area (Å²) in [4.78, 5) is 32.3. The molecule has 1 aromatic heterocycles. The fourth-order valence-corrected chi connectivity index (χ4v) is 2.87. The van der Waals surface area contributed by atoms with Gasteiger partial charge in [0, 0.05) is 37.5 Å². The first-order valence-corrected chi connectivity index (χ1v) is 8.90. The Morgan fingerprint density at radius 3 is 2.67 bits per heavy atom. The molecule has 27 heavy (non-hydrogen) atoms. The topological polar surface area (TPSA) is 105 Å². The lowest BCUT2D eigenvalue weighted by Crippen LogP contribution is -2.20. The molecule has 0 aliphatic carbocycles. The van der Waals surface area contributed by atoms with Crippen molar-refractivity contribution in [2.75, 3.05) is 29.1 Å². The molecule has 142 valence electrons. The van der Waals surface area contributed by atoms with Gasteiger partial charge in [0.05, 0.1) is 6.10 Å². The Morgan fingerprint density at radius 1 is 1.19 bits per heavy atom. The van der Waals surface area contributed by atoms with Gasteiger partial charge in [-0.05, 0) is 38.0 Å². The Balaban J connectivity index is 1.67. The van der Waals surface area contributed by atoms with Gasteiger partial charge in [-0.1, -0.05) is 6.07 Å². The second-order valence-corrected chi connectivity index (χ2v) is 6.42. The fraction of sp³-hybridized carbons (Fsp3) is 0.368. The molecule has 2 amide bonds. The molecule has 1 aliphatic heterocycles. The number of carbonyl (C=O) groups excluding carboxylic acids is 2. The van der Waals surface area contributed by atoms with E-state index >= 15 is 0 Å². The Kier molecular flexibility index (Phi) is 5.97. The molecule has 0 saturated carbocycles.